The first-order chi connectivity index (χ1) is 27.5. The average molecular weight is 829 g/mol. The Morgan fingerprint density at radius 2 is 0.965 bits per heavy atom. The zero-order chi connectivity index (χ0) is 42.1. The van der Waals surface area contributed by atoms with Gasteiger partial charge in [-0.3, -0.25) is 9.36 Å². The Morgan fingerprint density at radius 1 is 0.596 bits per heavy atom. The minimum absolute atomic E-state index is 0.00982. The number of hydrogen-bond acceptors (Lipinski definition) is 6. The van der Waals surface area contributed by atoms with Crippen molar-refractivity contribution in [2.75, 3.05) is 40.9 Å². The van der Waals surface area contributed by atoms with Crippen molar-refractivity contribution in [2.24, 2.45) is 0 Å². The van der Waals surface area contributed by atoms with E-state index < -0.39 is 20.0 Å². The summed E-state index contributed by atoms with van der Waals surface area (Å²) in [6.07, 6.45) is 46.5. The van der Waals surface area contributed by atoms with E-state index in [1.54, 1.807) is 0 Å². The van der Waals surface area contributed by atoms with Crippen molar-refractivity contribution in [2.45, 2.75) is 251 Å². The van der Waals surface area contributed by atoms with Crippen LogP contribution < -0.4 is 10.2 Å². The summed E-state index contributed by atoms with van der Waals surface area (Å²) in [6, 6.07) is -0.811. The molecule has 0 heterocycles. The first kappa shape index (κ1) is 56.2. The maximum Gasteiger partial charge on any atom is 0.268 e. The monoisotopic (exact) mass is 829 g/mol. The Hall–Kier alpha value is -0.760. The van der Waals surface area contributed by atoms with Gasteiger partial charge < -0.3 is 28.8 Å². The number of aliphatic hydroxyl groups excluding tert-OH is 1. The second-order valence-electron chi connectivity index (χ2n) is 18.2. The molecule has 0 spiro atoms. The second kappa shape index (κ2) is 40.6. The van der Waals surface area contributed by atoms with Gasteiger partial charge in [0.2, 0.25) is 5.91 Å². The number of likely N-dealkylation sites (N-methyl/N-ethyl adjacent to an activating group) is 1. The molecule has 0 aromatic carbocycles. The SMILES string of the molecule is CCCCCCCCCC/C=C/CCCC[C@@H](O)[C@H](COP(=O)([O-])OCC[N+](C)(C)C)NC(=O)CCCCCCCCCCCCCCCCCCCCCCC. The summed E-state index contributed by atoms with van der Waals surface area (Å²) in [6.45, 7) is 4.72. The lowest BCUT2D eigenvalue weighted by Gasteiger charge is -2.30. The molecule has 0 aromatic heterocycles. The van der Waals surface area contributed by atoms with Crippen LogP contribution in [-0.4, -0.2) is 68.5 Å². The molecule has 0 radical (unpaired) electrons. The number of nitrogens with one attached hydrogen (secondary N) is 1. The molecule has 0 rings (SSSR count). The number of hydrogen-bond donors (Lipinski definition) is 2. The Bertz CT molecular complexity index is 942. The van der Waals surface area contributed by atoms with E-state index in [4.69, 9.17) is 9.05 Å². The van der Waals surface area contributed by atoms with E-state index in [1.807, 2.05) is 21.1 Å². The molecule has 0 saturated heterocycles. The Morgan fingerprint density at radius 3 is 1.37 bits per heavy atom. The van der Waals surface area contributed by atoms with Gasteiger partial charge in [-0.2, -0.15) is 0 Å². The number of aliphatic hydroxyl groups is 1. The maximum atomic E-state index is 12.9. The quantitative estimate of drug-likeness (QED) is 0.0274. The van der Waals surface area contributed by atoms with Gasteiger partial charge in [0, 0.05) is 6.42 Å². The molecule has 0 aromatic rings. The minimum Gasteiger partial charge on any atom is -0.756 e. The van der Waals surface area contributed by atoms with Gasteiger partial charge >= 0.3 is 0 Å². The third kappa shape index (κ3) is 43.1. The lowest BCUT2D eigenvalue weighted by atomic mass is 10.0. The standard InChI is InChI=1S/C48H97N2O6P/c1-6-8-10-12-14-16-18-20-22-23-24-25-26-27-28-30-32-34-36-38-40-42-48(52)49-46(45-56-57(53,54)55-44-43-50(3,4)5)47(51)41-39-37-35-33-31-29-21-19-17-15-13-11-9-7-2/h31,33,46-47,51H,6-30,32,34-45H2,1-5H3,(H-,49,52,53,54)/b33-31+/t46-,47+/m0/s1. The molecule has 0 aliphatic rings. The second-order valence-corrected chi connectivity index (χ2v) is 19.6. The number of amides is 1. The number of carbonyl (C=O) groups is 1. The highest BCUT2D eigenvalue weighted by atomic mass is 31.2. The van der Waals surface area contributed by atoms with Crippen molar-refractivity contribution >= 4 is 13.7 Å². The first-order valence-electron chi connectivity index (χ1n) is 24.5. The molecule has 1 amide bonds. The molecule has 0 saturated carbocycles. The first-order valence-corrected chi connectivity index (χ1v) is 26.0. The molecule has 8 nitrogen and oxygen atoms in total. The van der Waals surface area contributed by atoms with E-state index in [-0.39, 0.29) is 19.1 Å². The van der Waals surface area contributed by atoms with E-state index in [9.17, 15) is 19.4 Å². The van der Waals surface area contributed by atoms with E-state index in [1.165, 1.54) is 167 Å². The Labute approximate surface area is 354 Å². The molecule has 1 unspecified atom stereocenters. The summed E-state index contributed by atoms with van der Waals surface area (Å²) in [5, 5.41) is 13.9. The van der Waals surface area contributed by atoms with Gasteiger partial charge in [0.05, 0.1) is 39.9 Å². The molecular weight excluding hydrogens is 732 g/mol. The number of phosphoric acid groups is 1. The number of phosphoric ester groups is 1. The molecule has 9 heteroatoms. The van der Waals surface area contributed by atoms with Gasteiger partial charge in [0.15, 0.2) is 0 Å². The largest absolute Gasteiger partial charge is 0.756 e. The number of nitrogens with zero attached hydrogens (tertiary/aromatic N) is 1. The molecule has 57 heavy (non-hydrogen) atoms. The van der Waals surface area contributed by atoms with Gasteiger partial charge in [-0.25, -0.2) is 0 Å². The van der Waals surface area contributed by atoms with Gasteiger partial charge in [-0.1, -0.05) is 206 Å². The van der Waals surface area contributed by atoms with Crippen molar-refractivity contribution in [3.05, 3.63) is 12.2 Å². The van der Waals surface area contributed by atoms with Crippen LogP contribution in [0.5, 0.6) is 0 Å². The normalized spacial score (nSPS) is 14.3. The molecule has 0 fully saturated rings. The number of carbonyl (C=O) groups excluding carboxylic acids is 1. The summed E-state index contributed by atoms with van der Waals surface area (Å²) in [7, 11) is 1.30. The van der Waals surface area contributed by atoms with Crippen molar-refractivity contribution in [3.63, 3.8) is 0 Å². The van der Waals surface area contributed by atoms with Crippen LogP contribution in [-0.2, 0) is 18.4 Å². The van der Waals surface area contributed by atoms with Gasteiger partial charge in [0.25, 0.3) is 7.82 Å². The van der Waals surface area contributed by atoms with Gasteiger partial charge in [-0.05, 0) is 38.5 Å². The Kier molecular flexibility index (Phi) is 40.1. The lowest BCUT2D eigenvalue weighted by Crippen LogP contribution is -2.46. The predicted molar refractivity (Wildman–Crippen MR) is 242 cm³/mol. The van der Waals surface area contributed by atoms with Crippen LogP contribution in [0.4, 0.5) is 0 Å². The minimum atomic E-state index is -4.57. The summed E-state index contributed by atoms with van der Waals surface area (Å²) < 4.78 is 23.3. The molecule has 2 N–H and O–H groups in total. The summed E-state index contributed by atoms with van der Waals surface area (Å²) in [5.74, 6) is -0.170. The summed E-state index contributed by atoms with van der Waals surface area (Å²) in [5.41, 5.74) is 0. The molecule has 0 bridgehead atoms. The number of rotatable bonds is 45. The van der Waals surface area contributed by atoms with E-state index in [0.29, 0.717) is 23.9 Å². The van der Waals surface area contributed by atoms with E-state index >= 15 is 0 Å². The van der Waals surface area contributed by atoms with Crippen molar-refractivity contribution in [1.82, 2.24) is 5.32 Å². The predicted octanol–water partition coefficient (Wildman–Crippen LogP) is 13.3. The van der Waals surface area contributed by atoms with Crippen LogP contribution >= 0.6 is 7.82 Å². The highest BCUT2D eigenvalue weighted by Crippen LogP contribution is 2.38. The highest BCUT2D eigenvalue weighted by Gasteiger charge is 2.24. The van der Waals surface area contributed by atoms with E-state index in [0.717, 1.165) is 44.9 Å². The number of quaternary nitrogens is 1. The smallest absolute Gasteiger partial charge is 0.268 e. The molecule has 340 valence electrons. The zero-order valence-corrected chi connectivity index (χ0v) is 39.5. The molecule has 3 atom stereocenters. The van der Waals surface area contributed by atoms with Crippen molar-refractivity contribution in [3.8, 4) is 0 Å². The average Bonchev–Trinajstić information content (AvgIpc) is 3.16. The molecule has 0 aliphatic heterocycles. The third-order valence-corrected chi connectivity index (χ3v) is 12.2. The van der Waals surface area contributed by atoms with Gasteiger partial charge in [0.1, 0.15) is 13.2 Å². The van der Waals surface area contributed by atoms with Crippen LogP contribution in [0.25, 0.3) is 0 Å². The number of unbranched alkanes of at least 4 members (excludes halogenated alkanes) is 30. The van der Waals surface area contributed by atoms with Crippen LogP contribution in [0, 0.1) is 0 Å². The van der Waals surface area contributed by atoms with Crippen molar-refractivity contribution < 1.29 is 32.9 Å². The van der Waals surface area contributed by atoms with Crippen LogP contribution in [0.2, 0.25) is 0 Å². The summed E-state index contributed by atoms with van der Waals surface area (Å²) >= 11 is 0. The zero-order valence-electron chi connectivity index (χ0n) is 38.6. The number of allylic oxidation sites excluding steroid dienone is 2. The maximum absolute atomic E-state index is 12.9. The topological polar surface area (TPSA) is 108 Å². The highest BCUT2D eigenvalue weighted by molar-refractivity contribution is 7.45. The molecule has 0 aliphatic carbocycles. The van der Waals surface area contributed by atoms with Crippen molar-refractivity contribution in [1.29, 1.82) is 0 Å². The third-order valence-electron chi connectivity index (χ3n) is 11.3. The fourth-order valence-corrected chi connectivity index (χ4v) is 8.05. The fraction of sp³-hybridized carbons (Fsp3) is 0.938. The van der Waals surface area contributed by atoms with Crippen LogP contribution in [0.3, 0.4) is 0 Å². The van der Waals surface area contributed by atoms with Crippen LogP contribution in [0.15, 0.2) is 12.2 Å². The van der Waals surface area contributed by atoms with Crippen LogP contribution in [0.1, 0.15) is 239 Å². The molecular formula is C48H97N2O6P. The fourth-order valence-electron chi connectivity index (χ4n) is 7.33. The summed E-state index contributed by atoms with van der Waals surface area (Å²) in [4.78, 5) is 25.4. The Balaban J connectivity index is 4.25. The van der Waals surface area contributed by atoms with E-state index in [2.05, 4.69) is 31.3 Å². The lowest BCUT2D eigenvalue weighted by molar-refractivity contribution is -0.870. The van der Waals surface area contributed by atoms with Gasteiger partial charge in [-0.15, -0.1) is 0 Å².